The number of nitrogens with zero attached hydrogens (tertiary/aromatic N) is 2. The Morgan fingerprint density at radius 2 is 1.81 bits per heavy atom. The van der Waals surface area contributed by atoms with Gasteiger partial charge in [-0.2, -0.15) is 0 Å². The number of rotatable bonds is 6. The molecule has 1 aromatic carbocycles. The van der Waals surface area contributed by atoms with Crippen molar-refractivity contribution in [3.63, 3.8) is 0 Å². The van der Waals surface area contributed by atoms with Crippen molar-refractivity contribution in [2.75, 3.05) is 41.0 Å². The van der Waals surface area contributed by atoms with Gasteiger partial charge in [0.15, 0.2) is 17.5 Å². The fourth-order valence-corrected chi connectivity index (χ4v) is 4.52. The van der Waals surface area contributed by atoms with Gasteiger partial charge in [-0.3, -0.25) is 0 Å². The van der Waals surface area contributed by atoms with Gasteiger partial charge >= 0.3 is 0 Å². The van der Waals surface area contributed by atoms with Gasteiger partial charge in [0.1, 0.15) is 0 Å². The van der Waals surface area contributed by atoms with E-state index in [2.05, 4.69) is 17.1 Å². The molecule has 1 heterocycles. The van der Waals surface area contributed by atoms with Crippen molar-refractivity contribution in [2.24, 2.45) is 10.4 Å². The number of benzene rings is 1. The van der Waals surface area contributed by atoms with Crippen molar-refractivity contribution in [3.05, 3.63) is 17.7 Å². The molecule has 2 fully saturated rings. The number of ether oxygens (including phenoxy) is 3. The zero-order valence-corrected chi connectivity index (χ0v) is 17.1. The average Bonchev–Trinajstić information content (AvgIpc) is 3.34. The first-order valence-corrected chi connectivity index (χ1v) is 9.97. The van der Waals surface area contributed by atoms with Gasteiger partial charge in [-0.1, -0.05) is 12.8 Å². The molecule has 0 bridgehead atoms. The fraction of sp³-hybridized carbons (Fsp3) is 0.667. The van der Waals surface area contributed by atoms with Crippen molar-refractivity contribution in [3.8, 4) is 17.2 Å². The summed E-state index contributed by atoms with van der Waals surface area (Å²) in [5, 5.41) is 3.47. The van der Waals surface area contributed by atoms with Crippen LogP contribution in [0, 0.1) is 5.41 Å². The second-order valence-corrected chi connectivity index (χ2v) is 7.54. The molecule has 3 rings (SSSR count). The van der Waals surface area contributed by atoms with Crippen molar-refractivity contribution >= 4 is 5.96 Å². The Morgan fingerprint density at radius 3 is 2.44 bits per heavy atom. The van der Waals surface area contributed by atoms with Crippen LogP contribution in [0.4, 0.5) is 0 Å². The van der Waals surface area contributed by atoms with E-state index in [-0.39, 0.29) is 0 Å². The molecule has 0 aromatic heterocycles. The maximum atomic E-state index is 5.60. The van der Waals surface area contributed by atoms with Crippen molar-refractivity contribution in [2.45, 2.75) is 45.6 Å². The summed E-state index contributed by atoms with van der Waals surface area (Å²) in [7, 11) is 4.91. The number of nitrogens with one attached hydrogen (secondary N) is 1. The molecule has 2 aliphatic rings. The summed E-state index contributed by atoms with van der Waals surface area (Å²) in [6.07, 6.45) is 6.78. The highest BCUT2D eigenvalue weighted by molar-refractivity contribution is 5.80. The monoisotopic (exact) mass is 375 g/mol. The molecule has 1 spiro atoms. The third kappa shape index (κ3) is 4.09. The van der Waals surface area contributed by atoms with Crippen LogP contribution >= 0.6 is 0 Å². The molecule has 1 saturated carbocycles. The van der Waals surface area contributed by atoms with E-state index < -0.39 is 0 Å². The van der Waals surface area contributed by atoms with Crippen LogP contribution in [0.5, 0.6) is 17.2 Å². The summed E-state index contributed by atoms with van der Waals surface area (Å²) in [6.45, 7) is 5.74. The standard InChI is InChI=1S/C21H33N3O3/c1-5-22-20(24-13-12-21(15-24)10-6-7-11-21)23-14-16-8-9-17(25-2)19(27-4)18(16)26-3/h8-9H,5-7,10-15H2,1-4H3,(H,22,23). The first-order valence-electron chi connectivity index (χ1n) is 9.97. The van der Waals surface area contributed by atoms with E-state index in [1.807, 2.05) is 12.1 Å². The minimum absolute atomic E-state index is 0.525. The minimum Gasteiger partial charge on any atom is -0.493 e. The lowest BCUT2D eigenvalue weighted by molar-refractivity contribution is 0.309. The van der Waals surface area contributed by atoms with Crippen molar-refractivity contribution < 1.29 is 14.2 Å². The van der Waals surface area contributed by atoms with E-state index in [9.17, 15) is 0 Å². The second kappa shape index (κ2) is 8.72. The Labute approximate surface area is 162 Å². The predicted octanol–water partition coefficient (Wildman–Crippen LogP) is 3.44. The zero-order chi connectivity index (χ0) is 19.3. The highest BCUT2D eigenvalue weighted by atomic mass is 16.5. The Balaban J connectivity index is 1.79. The molecule has 150 valence electrons. The normalized spacial score (nSPS) is 18.8. The lowest BCUT2D eigenvalue weighted by Crippen LogP contribution is -2.41. The lowest BCUT2D eigenvalue weighted by atomic mass is 9.86. The van der Waals surface area contributed by atoms with Crippen LogP contribution in [0.1, 0.15) is 44.6 Å². The molecular formula is C21H33N3O3. The van der Waals surface area contributed by atoms with E-state index in [0.29, 0.717) is 29.2 Å². The molecule has 27 heavy (non-hydrogen) atoms. The molecule has 1 aliphatic heterocycles. The maximum absolute atomic E-state index is 5.60. The molecule has 1 saturated heterocycles. The third-order valence-corrected chi connectivity index (χ3v) is 5.92. The fourth-order valence-electron chi connectivity index (χ4n) is 4.52. The molecule has 0 radical (unpaired) electrons. The first-order chi connectivity index (χ1) is 13.2. The number of methoxy groups -OCH3 is 3. The van der Waals surface area contributed by atoms with E-state index >= 15 is 0 Å². The summed E-state index contributed by atoms with van der Waals surface area (Å²) in [6, 6.07) is 3.90. The molecule has 1 aliphatic carbocycles. The number of guanidine groups is 1. The molecular weight excluding hydrogens is 342 g/mol. The van der Waals surface area contributed by atoms with Gasteiger partial charge < -0.3 is 24.4 Å². The van der Waals surface area contributed by atoms with Gasteiger partial charge in [0, 0.05) is 25.2 Å². The Kier molecular flexibility index (Phi) is 6.34. The van der Waals surface area contributed by atoms with Crippen molar-refractivity contribution in [1.29, 1.82) is 0 Å². The first kappa shape index (κ1) is 19.6. The number of hydrogen-bond acceptors (Lipinski definition) is 4. The Morgan fingerprint density at radius 1 is 1.07 bits per heavy atom. The lowest BCUT2D eigenvalue weighted by Gasteiger charge is -2.26. The van der Waals surface area contributed by atoms with Crippen LogP contribution < -0.4 is 19.5 Å². The third-order valence-electron chi connectivity index (χ3n) is 5.92. The quantitative estimate of drug-likeness (QED) is 0.610. The Hall–Kier alpha value is -2.11. The van der Waals surface area contributed by atoms with Crippen LogP contribution in [0.15, 0.2) is 17.1 Å². The van der Waals surface area contributed by atoms with Gasteiger partial charge in [-0.15, -0.1) is 0 Å². The van der Waals surface area contributed by atoms with Crippen molar-refractivity contribution in [1.82, 2.24) is 10.2 Å². The van der Waals surface area contributed by atoms with Gasteiger partial charge in [-0.25, -0.2) is 4.99 Å². The summed E-state index contributed by atoms with van der Waals surface area (Å²) in [4.78, 5) is 7.35. The molecule has 1 N–H and O–H groups in total. The van der Waals surface area contributed by atoms with Gasteiger partial charge in [-0.05, 0) is 43.7 Å². The molecule has 6 nitrogen and oxygen atoms in total. The van der Waals surface area contributed by atoms with Crippen LogP contribution in [0.2, 0.25) is 0 Å². The maximum Gasteiger partial charge on any atom is 0.203 e. The van der Waals surface area contributed by atoms with E-state index in [4.69, 9.17) is 19.2 Å². The van der Waals surface area contributed by atoms with Gasteiger partial charge in [0.2, 0.25) is 5.75 Å². The second-order valence-electron chi connectivity index (χ2n) is 7.54. The molecule has 0 atom stereocenters. The number of aliphatic imine (C=N–C) groups is 1. The van der Waals surface area contributed by atoms with E-state index in [0.717, 1.165) is 31.2 Å². The molecule has 1 aromatic rings. The summed E-state index contributed by atoms with van der Waals surface area (Å²) >= 11 is 0. The largest absolute Gasteiger partial charge is 0.493 e. The molecule has 6 heteroatoms. The highest BCUT2D eigenvalue weighted by Gasteiger charge is 2.41. The summed E-state index contributed by atoms with van der Waals surface area (Å²) < 4.78 is 16.5. The van der Waals surface area contributed by atoms with Crippen LogP contribution in [0.3, 0.4) is 0 Å². The highest BCUT2D eigenvalue weighted by Crippen LogP contribution is 2.45. The number of likely N-dealkylation sites (tertiary alicyclic amines) is 1. The zero-order valence-electron chi connectivity index (χ0n) is 17.1. The smallest absolute Gasteiger partial charge is 0.203 e. The average molecular weight is 376 g/mol. The van der Waals surface area contributed by atoms with Crippen LogP contribution in [-0.2, 0) is 6.54 Å². The topological polar surface area (TPSA) is 55.3 Å². The van der Waals surface area contributed by atoms with Crippen LogP contribution in [0.25, 0.3) is 0 Å². The minimum atomic E-state index is 0.525. The summed E-state index contributed by atoms with van der Waals surface area (Å²) in [5.41, 5.74) is 1.51. The number of hydrogen-bond donors (Lipinski definition) is 1. The van der Waals surface area contributed by atoms with E-state index in [1.165, 1.54) is 32.1 Å². The predicted molar refractivity (Wildman–Crippen MR) is 108 cm³/mol. The molecule has 0 amide bonds. The molecule has 0 unspecified atom stereocenters. The SMILES string of the molecule is CCNC(=NCc1ccc(OC)c(OC)c1OC)N1CCC2(CCCC2)C1. The van der Waals surface area contributed by atoms with Gasteiger partial charge in [0.25, 0.3) is 0 Å². The van der Waals surface area contributed by atoms with Crippen LogP contribution in [-0.4, -0.2) is 51.8 Å². The van der Waals surface area contributed by atoms with E-state index in [1.54, 1.807) is 21.3 Å². The van der Waals surface area contributed by atoms with Gasteiger partial charge in [0.05, 0.1) is 27.9 Å². The summed E-state index contributed by atoms with van der Waals surface area (Å²) in [5.74, 6) is 2.96. The Bertz CT molecular complexity index is 669.